The highest BCUT2D eigenvalue weighted by Crippen LogP contribution is 2.25. The Labute approximate surface area is 175 Å². The number of carbonyl (C=O) groups is 1. The van der Waals surface area contributed by atoms with Crippen molar-refractivity contribution in [2.45, 2.75) is 13.5 Å². The largest absolute Gasteiger partial charge is 0.339 e. The van der Waals surface area contributed by atoms with Crippen LogP contribution in [0.3, 0.4) is 0 Å². The minimum Gasteiger partial charge on any atom is -0.339 e. The standard InChI is InChI=1S/C24H21N5O/c1-18(30)20-11-8-12-21(15-20)26-23-16-25-28-24(27-23)29(22-13-6-3-7-14-22)17-19-9-4-2-5-10-19/h2-16H,17H2,1H3,(H,26,27,28). The van der Waals surface area contributed by atoms with Crippen LogP contribution in [-0.2, 0) is 6.54 Å². The molecular formula is C24H21N5O. The van der Waals surface area contributed by atoms with Crippen molar-refractivity contribution >= 4 is 28.9 Å². The summed E-state index contributed by atoms with van der Waals surface area (Å²) in [6.07, 6.45) is 1.57. The Morgan fingerprint density at radius 3 is 2.40 bits per heavy atom. The molecule has 1 aromatic heterocycles. The lowest BCUT2D eigenvalue weighted by atomic mass is 10.1. The number of hydrogen-bond acceptors (Lipinski definition) is 6. The third-order valence-electron chi connectivity index (χ3n) is 4.58. The second kappa shape index (κ2) is 8.96. The molecule has 0 aliphatic carbocycles. The van der Waals surface area contributed by atoms with Crippen LogP contribution in [0.5, 0.6) is 0 Å². The zero-order chi connectivity index (χ0) is 20.8. The van der Waals surface area contributed by atoms with E-state index in [0.29, 0.717) is 23.9 Å². The van der Waals surface area contributed by atoms with Crippen molar-refractivity contribution in [3.8, 4) is 0 Å². The van der Waals surface area contributed by atoms with Gasteiger partial charge in [-0.05, 0) is 36.8 Å². The van der Waals surface area contributed by atoms with E-state index in [9.17, 15) is 4.79 Å². The van der Waals surface area contributed by atoms with Crippen molar-refractivity contribution in [1.29, 1.82) is 0 Å². The molecule has 4 aromatic rings. The average molecular weight is 395 g/mol. The maximum atomic E-state index is 11.7. The van der Waals surface area contributed by atoms with Crippen molar-refractivity contribution in [3.05, 3.63) is 102 Å². The number of ketones is 1. The molecule has 0 unspecified atom stereocenters. The third kappa shape index (κ3) is 4.67. The molecule has 6 heteroatoms. The lowest BCUT2D eigenvalue weighted by Crippen LogP contribution is -2.20. The number of nitrogens with one attached hydrogen (secondary N) is 1. The van der Waals surface area contributed by atoms with E-state index in [4.69, 9.17) is 0 Å². The maximum Gasteiger partial charge on any atom is 0.252 e. The van der Waals surface area contributed by atoms with Crippen LogP contribution in [0.2, 0.25) is 0 Å². The van der Waals surface area contributed by atoms with Crippen molar-refractivity contribution in [2.24, 2.45) is 0 Å². The van der Waals surface area contributed by atoms with Crippen LogP contribution in [0, 0.1) is 0 Å². The smallest absolute Gasteiger partial charge is 0.252 e. The van der Waals surface area contributed by atoms with Gasteiger partial charge in [0.15, 0.2) is 11.6 Å². The summed E-state index contributed by atoms with van der Waals surface area (Å²) in [5, 5.41) is 11.6. The number of aromatic nitrogens is 3. The van der Waals surface area contributed by atoms with E-state index >= 15 is 0 Å². The van der Waals surface area contributed by atoms with E-state index in [-0.39, 0.29) is 5.78 Å². The summed E-state index contributed by atoms with van der Waals surface area (Å²) in [5.41, 5.74) is 3.51. The van der Waals surface area contributed by atoms with Gasteiger partial charge in [0.1, 0.15) is 0 Å². The van der Waals surface area contributed by atoms with Crippen LogP contribution in [0.1, 0.15) is 22.8 Å². The van der Waals surface area contributed by atoms with Crippen LogP contribution in [0.4, 0.5) is 23.1 Å². The fourth-order valence-corrected chi connectivity index (χ4v) is 3.08. The first-order valence-electron chi connectivity index (χ1n) is 9.63. The van der Waals surface area contributed by atoms with Crippen LogP contribution < -0.4 is 10.2 Å². The molecular weight excluding hydrogens is 374 g/mol. The van der Waals surface area contributed by atoms with E-state index in [0.717, 1.165) is 16.9 Å². The van der Waals surface area contributed by atoms with Gasteiger partial charge < -0.3 is 10.2 Å². The van der Waals surface area contributed by atoms with Gasteiger partial charge in [0.2, 0.25) is 0 Å². The predicted octanol–water partition coefficient (Wildman–Crippen LogP) is 5.16. The molecule has 4 rings (SSSR count). The van der Waals surface area contributed by atoms with E-state index in [1.54, 1.807) is 25.3 Å². The first-order chi connectivity index (χ1) is 14.7. The summed E-state index contributed by atoms with van der Waals surface area (Å²) in [6.45, 7) is 2.15. The summed E-state index contributed by atoms with van der Waals surface area (Å²) in [6, 6.07) is 27.4. The van der Waals surface area contributed by atoms with E-state index in [1.807, 2.05) is 65.6 Å². The molecule has 0 saturated heterocycles. The summed E-state index contributed by atoms with van der Waals surface area (Å²) >= 11 is 0. The Kier molecular flexibility index (Phi) is 5.75. The Balaban J connectivity index is 1.65. The molecule has 1 heterocycles. The molecule has 30 heavy (non-hydrogen) atoms. The Hall–Kier alpha value is -4.06. The second-order valence-corrected chi connectivity index (χ2v) is 6.81. The molecule has 148 valence electrons. The van der Waals surface area contributed by atoms with Gasteiger partial charge in [0.25, 0.3) is 5.95 Å². The topological polar surface area (TPSA) is 71.0 Å². The van der Waals surface area contributed by atoms with Gasteiger partial charge in [-0.2, -0.15) is 10.1 Å². The quantitative estimate of drug-likeness (QED) is 0.436. The molecule has 0 radical (unpaired) electrons. The summed E-state index contributed by atoms with van der Waals surface area (Å²) in [4.78, 5) is 18.3. The van der Waals surface area contributed by atoms with E-state index in [1.165, 1.54) is 0 Å². The van der Waals surface area contributed by atoms with Gasteiger partial charge in [-0.1, -0.05) is 60.7 Å². The molecule has 0 atom stereocenters. The number of carbonyl (C=O) groups excluding carboxylic acids is 1. The van der Waals surface area contributed by atoms with Crippen LogP contribution >= 0.6 is 0 Å². The number of Topliss-reactive ketones (excluding diaryl/α,β-unsaturated/α-hetero) is 1. The minimum atomic E-state index is 0.0123. The zero-order valence-corrected chi connectivity index (χ0v) is 16.6. The van der Waals surface area contributed by atoms with Gasteiger partial charge in [0.05, 0.1) is 12.7 Å². The van der Waals surface area contributed by atoms with Crippen molar-refractivity contribution in [3.63, 3.8) is 0 Å². The normalized spacial score (nSPS) is 10.4. The molecule has 0 aliphatic heterocycles. The monoisotopic (exact) mass is 395 g/mol. The average Bonchev–Trinajstić information content (AvgIpc) is 2.79. The minimum absolute atomic E-state index is 0.0123. The molecule has 3 aromatic carbocycles. The highest BCUT2D eigenvalue weighted by Gasteiger charge is 2.14. The highest BCUT2D eigenvalue weighted by molar-refractivity contribution is 5.95. The summed E-state index contributed by atoms with van der Waals surface area (Å²) in [5.74, 6) is 1.05. The first kappa shape index (κ1) is 19.3. The van der Waals surface area contributed by atoms with E-state index < -0.39 is 0 Å². The maximum absolute atomic E-state index is 11.7. The van der Waals surface area contributed by atoms with Gasteiger partial charge in [-0.25, -0.2) is 0 Å². The molecule has 1 N–H and O–H groups in total. The lowest BCUT2D eigenvalue weighted by Gasteiger charge is -2.23. The first-order valence-corrected chi connectivity index (χ1v) is 9.63. The summed E-state index contributed by atoms with van der Waals surface area (Å²) < 4.78 is 0. The van der Waals surface area contributed by atoms with Crippen LogP contribution in [0.25, 0.3) is 0 Å². The fraction of sp³-hybridized carbons (Fsp3) is 0.0833. The SMILES string of the molecule is CC(=O)c1cccc(Nc2cnnc(N(Cc3ccccc3)c3ccccc3)n2)c1. The molecule has 0 fully saturated rings. The molecule has 6 nitrogen and oxygen atoms in total. The molecule has 0 saturated carbocycles. The second-order valence-electron chi connectivity index (χ2n) is 6.81. The van der Waals surface area contributed by atoms with E-state index in [2.05, 4.69) is 32.6 Å². The lowest BCUT2D eigenvalue weighted by molar-refractivity contribution is 0.101. The number of nitrogens with zero attached hydrogens (tertiary/aromatic N) is 4. The number of anilines is 4. The Bertz CT molecular complexity index is 1130. The molecule has 0 aliphatic rings. The number of hydrogen-bond donors (Lipinski definition) is 1. The number of benzene rings is 3. The number of para-hydroxylation sites is 1. The Morgan fingerprint density at radius 2 is 1.67 bits per heavy atom. The summed E-state index contributed by atoms with van der Waals surface area (Å²) in [7, 11) is 0. The van der Waals surface area contributed by atoms with Crippen molar-refractivity contribution in [1.82, 2.24) is 15.2 Å². The van der Waals surface area contributed by atoms with Gasteiger partial charge in [0, 0.05) is 16.9 Å². The molecule has 0 bridgehead atoms. The molecule has 0 spiro atoms. The van der Waals surface area contributed by atoms with Crippen LogP contribution in [0.15, 0.2) is 91.1 Å². The van der Waals surface area contributed by atoms with Crippen molar-refractivity contribution in [2.75, 3.05) is 10.2 Å². The highest BCUT2D eigenvalue weighted by atomic mass is 16.1. The molecule has 0 amide bonds. The number of rotatable bonds is 7. The van der Waals surface area contributed by atoms with Crippen molar-refractivity contribution < 1.29 is 4.79 Å². The Morgan fingerprint density at radius 1 is 0.933 bits per heavy atom. The fourth-order valence-electron chi connectivity index (χ4n) is 3.08. The van der Waals surface area contributed by atoms with Gasteiger partial charge in [-0.15, -0.1) is 5.10 Å². The third-order valence-corrected chi connectivity index (χ3v) is 4.58. The van der Waals surface area contributed by atoms with Crippen LogP contribution in [-0.4, -0.2) is 21.0 Å². The zero-order valence-electron chi connectivity index (χ0n) is 16.6. The predicted molar refractivity (Wildman–Crippen MR) is 118 cm³/mol. The van der Waals surface area contributed by atoms with Gasteiger partial charge >= 0.3 is 0 Å². The van der Waals surface area contributed by atoms with Gasteiger partial charge in [-0.3, -0.25) is 4.79 Å².